The van der Waals surface area contributed by atoms with Gasteiger partial charge in [-0.2, -0.15) is 0 Å². The molecule has 2 atom stereocenters. The van der Waals surface area contributed by atoms with Crippen LogP contribution in [0.4, 0.5) is 8.78 Å². The van der Waals surface area contributed by atoms with Gasteiger partial charge in [0, 0.05) is 32.0 Å². The van der Waals surface area contributed by atoms with E-state index in [1.165, 1.54) is 25.7 Å². The van der Waals surface area contributed by atoms with Crippen LogP contribution in [0, 0.1) is 5.92 Å². The first-order chi connectivity index (χ1) is 8.07. The summed E-state index contributed by atoms with van der Waals surface area (Å²) in [5, 5.41) is 0. The van der Waals surface area contributed by atoms with Gasteiger partial charge in [-0.05, 0) is 18.8 Å². The number of piperidine rings is 1. The lowest BCUT2D eigenvalue weighted by Crippen LogP contribution is -2.46. The van der Waals surface area contributed by atoms with Crippen molar-refractivity contribution in [2.45, 2.75) is 71.3 Å². The maximum Gasteiger partial charge on any atom is 0.250 e. The Bertz CT molecular complexity index is 208. The van der Waals surface area contributed by atoms with Crippen molar-refractivity contribution in [2.75, 3.05) is 13.1 Å². The molecule has 2 fully saturated rings. The molecule has 0 amide bonds. The van der Waals surface area contributed by atoms with E-state index in [1.54, 1.807) is 0 Å². The van der Waals surface area contributed by atoms with Crippen LogP contribution < -0.4 is 0 Å². The maximum absolute atomic E-state index is 13.0. The molecular weight excluding hydrogens is 220 g/mol. The van der Waals surface area contributed by atoms with Crippen molar-refractivity contribution >= 4 is 0 Å². The Morgan fingerprint density at radius 3 is 2.18 bits per heavy atom. The average Bonchev–Trinajstić information content (AvgIpc) is 2.31. The molecule has 2 rings (SSSR count). The zero-order valence-corrected chi connectivity index (χ0v) is 11.5. The third-order valence-electron chi connectivity index (χ3n) is 3.95. The first-order valence-electron chi connectivity index (χ1n) is 7.19. The van der Waals surface area contributed by atoms with Gasteiger partial charge in [0.05, 0.1) is 0 Å². The molecule has 0 radical (unpaired) electrons. The highest BCUT2D eigenvalue weighted by Crippen LogP contribution is 2.33. The Morgan fingerprint density at radius 1 is 1.06 bits per heavy atom. The lowest BCUT2D eigenvalue weighted by molar-refractivity contribution is -0.0669. The zero-order chi connectivity index (χ0) is 12.9. The van der Waals surface area contributed by atoms with E-state index >= 15 is 0 Å². The van der Waals surface area contributed by atoms with Crippen molar-refractivity contribution < 1.29 is 8.78 Å². The maximum atomic E-state index is 13.0. The summed E-state index contributed by atoms with van der Waals surface area (Å²) in [7, 11) is 0. The molecule has 2 aliphatic rings. The van der Waals surface area contributed by atoms with Crippen molar-refractivity contribution in [3.8, 4) is 0 Å². The Balaban J connectivity index is 0.000000686. The van der Waals surface area contributed by atoms with E-state index in [9.17, 15) is 8.78 Å². The number of alkyl halides is 2. The summed E-state index contributed by atoms with van der Waals surface area (Å²) >= 11 is 0. The number of hydrogen-bond donors (Lipinski definition) is 0. The molecule has 0 spiro atoms. The van der Waals surface area contributed by atoms with Crippen molar-refractivity contribution in [1.82, 2.24) is 4.90 Å². The highest BCUT2D eigenvalue weighted by Gasteiger charge is 2.36. The minimum Gasteiger partial charge on any atom is -0.300 e. The summed E-state index contributed by atoms with van der Waals surface area (Å²) in [5.41, 5.74) is 0. The molecule has 17 heavy (non-hydrogen) atoms. The van der Waals surface area contributed by atoms with Gasteiger partial charge in [-0.1, -0.05) is 33.6 Å². The van der Waals surface area contributed by atoms with E-state index in [1.807, 2.05) is 13.8 Å². The van der Waals surface area contributed by atoms with Gasteiger partial charge in [0.15, 0.2) is 0 Å². The van der Waals surface area contributed by atoms with Gasteiger partial charge in [0.2, 0.25) is 0 Å². The lowest BCUT2D eigenvalue weighted by Gasteiger charge is -2.40. The van der Waals surface area contributed by atoms with Gasteiger partial charge < -0.3 is 0 Å². The van der Waals surface area contributed by atoms with Gasteiger partial charge in [0.1, 0.15) is 0 Å². The Morgan fingerprint density at radius 2 is 1.65 bits per heavy atom. The smallest absolute Gasteiger partial charge is 0.250 e. The van der Waals surface area contributed by atoms with E-state index < -0.39 is 5.92 Å². The van der Waals surface area contributed by atoms with E-state index in [2.05, 4.69) is 11.8 Å². The summed E-state index contributed by atoms with van der Waals surface area (Å²) in [6.45, 7) is 7.49. The third-order valence-corrected chi connectivity index (χ3v) is 3.95. The molecule has 1 aliphatic heterocycles. The van der Waals surface area contributed by atoms with E-state index in [4.69, 9.17) is 0 Å². The number of halogens is 2. The molecule has 0 N–H and O–H groups in total. The van der Waals surface area contributed by atoms with E-state index in [-0.39, 0.29) is 12.8 Å². The summed E-state index contributed by atoms with van der Waals surface area (Å²) < 4.78 is 26.0. The van der Waals surface area contributed by atoms with Gasteiger partial charge in [-0.15, -0.1) is 0 Å². The van der Waals surface area contributed by atoms with Gasteiger partial charge in [0.25, 0.3) is 5.92 Å². The zero-order valence-electron chi connectivity index (χ0n) is 11.5. The second-order valence-electron chi connectivity index (χ2n) is 5.32. The van der Waals surface area contributed by atoms with Crippen LogP contribution in [0.3, 0.4) is 0 Å². The van der Waals surface area contributed by atoms with Crippen LogP contribution in [-0.4, -0.2) is 30.0 Å². The largest absolute Gasteiger partial charge is 0.300 e. The Labute approximate surface area is 105 Å². The van der Waals surface area contributed by atoms with E-state index in [0.717, 1.165) is 5.92 Å². The van der Waals surface area contributed by atoms with Gasteiger partial charge in [-0.25, -0.2) is 8.78 Å². The molecule has 102 valence electrons. The molecule has 2 unspecified atom stereocenters. The van der Waals surface area contributed by atoms with Crippen molar-refractivity contribution in [3.05, 3.63) is 0 Å². The minimum atomic E-state index is -2.39. The molecule has 1 aliphatic carbocycles. The fourth-order valence-electron chi connectivity index (χ4n) is 2.95. The van der Waals surface area contributed by atoms with Crippen molar-refractivity contribution in [3.63, 3.8) is 0 Å². The highest BCUT2D eigenvalue weighted by atomic mass is 19.3. The molecule has 0 bridgehead atoms. The Hall–Kier alpha value is -0.180. The fourth-order valence-corrected chi connectivity index (χ4v) is 2.95. The van der Waals surface area contributed by atoms with E-state index in [0.29, 0.717) is 19.1 Å². The molecule has 0 aromatic rings. The summed E-state index contributed by atoms with van der Waals surface area (Å²) in [5.74, 6) is -1.61. The quantitative estimate of drug-likeness (QED) is 0.667. The van der Waals surface area contributed by atoms with Gasteiger partial charge in [-0.3, -0.25) is 4.90 Å². The first kappa shape index (κ1) is 14.9. The number of rotatable bonds is 1. The molecule has 3 heteroatoms. The second-order valence-corrected chi connectivity index (χ2v) is 5.32. The van der Waals surface area contributed by atoms with Gasteiger partial charge >= 0.3 is 0 Å². The SMILES string of the molecule is CC.CC1CCCC(N2CCC(F)(F)CC2)C1. The molecule has 1 saturated carbocycles. The topological polar surface area (TPSA) is 3.24 Å². The predicted octanol–water partition coefficient (Wildman–Crippen LogP) is 4.32. The number of nitrogens with zero attached hydrogens (tertiary/aromatic N) is 1. The number of hydrogen-bond acceptors (Lipinski definition) is 1. The molecular formula is C14H27F2N. The third kappa shape index (κ3) is 4.53. The molecule has 1 nitrogen and oxygen atoms in total. The summed E-state index contributed by atoms with van der Waals surface area (Å²) in [6.07, 6.45) is 5.16. The van der Waals surface area contributed by atoms with Crippen molar-refractivity contribution in [1.29, 1.82) is 0 Å². The fraction of sp³-hybridized carbons (Fsp3) is 1.00. The highest BCUT2D eigenvalue weighted by molar-refractivity contribution is 4.84. The van der Waals surface area contributed by atoms with Crippen LogP contribution in [0.25, 0.3) is 0 Å². The minimum absolute atomic E-state index is 0.0673. The average molecular weight is 247 g/mol. The molecule has 0 aromatic heterocycles. The monoisotopic (exact) mass is 247 g/mol. The lowest BCUT2D eigenvalue weighted by atomic mass is 9.85. The molecule has 1 heterocycles. The van der Waals surface area contributed by atoms with Crippen LogP contribution in [0.5, 0.6) is 0 Å². The van der Waals surface area contributed by atoms with Crippen LogP contribution >= 0.6 is 0 Å². The van der Waals surface area contributed by atoms with Crippen LogP contribution in [-0.2, 0) is 0 Å². The molecule has 0 aromatic carbocycles. The second kappa shape index (κ2) is 6.67. The Kier molecular flexibility index (Phi) is 5.84. The predicted molar refractivity (Wildman–Crippen MR) is 68.5 cm³/mol. The van der Waals surface area contributed by atoms with Crippen LogP contribution in [0.15, 0.2) is 0 Å². The van der Waals surface area contributed by atoms with Crippen LogP contribution in [0.1, 0.15) is 59.3 Å². The normalized spacial score (nSPS) is 33.7. The summed E-state index contributed by atoms with van der Waals surface area (Å²) in [6, 6.07) is 0.588. The first-order valence-corrected chi connectivity index (χ1v) is 7.19. The summed E-state index contributed by atoms with van der Waals surface area (Å²) in [4.78, 5) is 2.30. The molecule has 1 saturated heterocycles. The van der Waals surface area contributed by atoms with Crippen molar-refractivity contribution in [2.24, 2.45) is 5.92 Å². The number of likely N-dealkylation sites (tertiary alicyclic amines) is 1. The van der Waals surface area contributed by atoms with Crippen LogP contribution in [0.2, 0.25) is 0 Å². The standard InChI is InChI=1S/C12H21F2N.C2H6/c1-10-3-2-4-11(9-10)15-7-5-12(13,14)6-8-15;1-2/h10-11H,2-9H2,1H3;1-2H3.